The minimum Gasteiger partial charge on any atom is -0.388 e. The van der Waals surface area contributed by atoms with Crippen molar-refractivity contribution in [3.63, 3.8) is 0 Å². The largest absolute Gasteiger partial charge is 0.388 e. The standard InChI is InChI=1S/C11H12Cl2O/c12-8-3-4-10(13)9(6-8)11(14)5-7-1-2-7/h3-4,6-7,11,14H,1-2,5H2. The molecule has 0 saturated heterocycles. The van der Waals surface area contributed by atoms with Crippen LogP contribution in [0.25, 0.3) is 0 Å². The lowest BCUT2D eigenvalue weighted by atomic mass is 10.0. The predicted octanol–water partition coefficient (Wildman–Crippen LogP) is 3.83. The summed E-state index contributed by atoms with van der Waals surface area (Å²) in [6.45, 7) is 0. The zero-order valence-corrected chi connectivity index (χ0v) is 9.22. The lowest BCUT2D eigenvalue weighted by Gasteiger charge is -2.12. The second kappa shape index (κ2) is 4.09. The number of halogens is 2. The van der Waals surface area contributed by atoms with Crippen LogP contribution in [0.2, 0.25) is 10.0 Å². The zero-order valence-electron chi connectivity index (χ0n) is 7.71. The molecule has 1 atom stereocenters. The van der Waals surface area contributed by atoms with Crippen molar-refractivity contribution in [2.45, 2.75) is 25.4 Å². The Morgan fingerprint density at radius 2 is 2.07 bits per heavy atom. The Bertz CT molecular complexity index is 334. The average molecular weight is 231 g/mol. The summed E-state index contributed by atoms with van der Waals surface area (Å²) in [4.78, 5) is 0. The zero-order chi connectivity index (χ0) is 10.1. The van der Waals surface area contributed by atoms with Crippen molar-refractivity contribution in [1.29, 1.82) is 0 Å². The van der Waals surface area contributed by atoms with E-state index in [-0.39, 0.29) is 0 Å². The molecule has 0 radical (unpaired) electrons. The van der Waals surface area contributed by atoms with Crippen LogP contribution in [0.15, 0.2) is 18.2 Å². The Labute approximate surface area is 93.7 Å². The van der Waals surface area contributed by atoms with E-state index < -0.39 is 6.10 Å². The SMILES string of the molecule is OC(CC1CC1)c1cc(Cl)ccc1Cl. The molecule has 1 aliphatic rings. The first-order valence-electron chi connectivity index (χ1n) is 4.80. The van der Waals surface area contributed by atoms with Gasteiger partial charge in [-0.1, -0.05) is 36.0 Å². The fourth-order valence-electron chi connectivity index (χ4n) is 1.57. The van der Waals surface area contributed by atoms with Crippen molar-refractivity contribution in [3.05, 3.63) is 33.8 Å². The smallest absolute Gasteiger partial charge is 0.0807 e. The molecule has 1 saturated carbocycles. The molecular weight excluding hydrogens is 219 g/mol. The van der Waals surface area contributed by atoms with Crippen LogP contribution in [0.5, 0.6) is 0 Å². The number of rotatable bonds is 3. The van der Waals surface area contributed by atoms with E-state index >= 15 is 0 Å². The summed E-state index contributed by atoms with van der Waals surface area (Å²) in [6, 6.07) is 5.21. The van der Waals surface area contributed by atoms with Crippen molar-refractivity contribution in [1.82, 2.24) is 0 Å². The van der Waals surface area contributed by atoms with Gasteiger partial charge in [-0.25, -0.2) is 0 Å². The van der Waals surface area contributed by atoms with Gasteiger partial charge >= 0.3 is 0 Å². The van der Waals surface area contributed by atoms with Gasteiger partial charge in [0.2, 0.25) is 0 Å². The van der Waals surface area contributed by atoms with Gasteiger partial charge in [-0.05, 0) is 30.5 Å². The van der Waals surface area contributed by atoms with Gasteiger partial charge in [0.05, 0.1) is 6.10 Å². The molecule has 0 amide bonds. The van der Waals surface area contributed by atoms with Gasteiger partial charge in [-0.3, -0.25) is 0 Å². The highest BCUT2D eigenvalue weighted by molar-refractivity contribution is 6.33. The van der Waals surface area contributed by atoms with Crippen LogP contribution < -0.4 is 0 Å². The Hall–Kier alpha value is -0.240. The first-order chi connectivity index (χ1) is 6.66. The third kappa shape index (κ3) is 2.41. The highest BCUT2D eigenvalue weighted by atomic mass is 35.5. The number of aliphatic hydroxyl groups is 1. The first kappa shape index (κ1) is 10.3. The van der Waals surface area contributed by atoms with E-state index in [1.807, 2.05) is 0 Å². The monoisotopic (exact) mass is 230 g/mol. The predicted molar refractivity (Wildman–Crippen MR) is 58.8 cm³/mol. The first-order valence-corrected chi connectivity index (χ1v) is 5.55. The highest BCUT2D eigenvalue weighted by Gasteiger charge is 2.26. The molecule has 1 fully saturated rings. The van der Waals surface area contributed by atoms with E-state index in [0.29, 0.717) is 16.0 Å². The van der Waals surface area contributed by atoms with Crippen LogP contribution in [0.1, 0.15) is 30.9 Å². The van der Waals surface area contributed by atoms with E-state index in [1.54, 1.807) is 18.2 Å². The highest BCUT2D eigenvalue weighted by Crippen LogP contribution is 2.39. The molecule has 0 spiro atoms. The van der Waals surface area contributed by atoms with Crippen LogP contribution in [-0.2, 0) is 0 Å². The second-order valence-corrected chi connectivity index (χ2v) is 4.70. The molecule has 3 heteroatoms. The molecule has 76 valence electrons. The van der Waals surface area contributed by atoms with E-state index in [0.717, 1.165) is 12.0 Å². The molecule has 1 aliphatic carbocycles. The van der Waals surface area contributed by atoms with Gasteiger partial charge < -0.3 is 5.11 Å². The molecule has 0 aromatic heterocycles. The second-order valence-electron chi connectivity index (χ2n) is 3.86. The van der Waals surface area contributed by atoms with Crippen LogP contribution in [-0.4, -0.2) is 5.11 Å². The molecule has 2 rings (SSSR count). The molecule has 0 aliphatic heterocycles. The lowest BCUT2D eigenvalue weighted by molar-refractivity contribution is 0.160. The van der Waals surface area contributed by atoms with E-state index in [4.69, 9.17) is 23.2 Å². The molecule has 1 aromatic carbocycles. The summed E-state index contributed by atoms with van der Waals surface area (Å²) < 4.78 is 0. The molecule has 0 heterocycles. The maximum absolute atomic E-state index is 9.89. The van der Waals surface area contributed by atoms with Gasteiger partial charge in [-0.2, -0.15) is 0 Å². The van der Waals surface area contributed by atoms with Gasteiger partial charge in [0, 0.05) is 15.6 Å². The van der Waals surface area contributed by atoms with Crippen molar-refractivity contribution >= 4 is 23.2 Å². The van der Waals surface area contributed by atoms with Crippen molar-refractivity contribution in [2.75, 3.05) is 0 Å². The summed E-state index contributed by atoms with van der Waals surface area (Å²) in [5.41, 5.74) is 0.756. The number of hydrogen-bond acceptors (Lipinski definition) is 1. The Morgan fingerprint density at radius 3 is 2.71 bits per heavy atom. The van der Waals surface area contributed by atoms with Crippen LogP contribution >= 0.6 is 23.2 Å². The fourth-order valence-corrected chi connectivity index (χ4v) is 1.99. The quantitative estimate of drug-likeness (QED) is 0.838. The van der Waals surface area contributed by atoms with Crippen molar-refractivity contribution in [3.8, 4) is 0 Å². The van der Waals surface area contributed by atoms with Crippen LogP contribution in [0, 0.1) is 5.92 Å². The molecule has 1 unspecified atom stereocenters. The maximum Gasteiger partial charge on any atom is 0.0807 e. The fraction of sp³-hybridized carbons (Fsp3) is 0.455. The minimum absolute atomic E-state index is 0.464. The minimum atomic E-state index is -0.464. The molecule has 1 aromatic rings. The summed E-state index contributed by atoms with van der Waals surface area (Å²) in [5, 5.41) is 11.1. The van der Waals surface area contributed by atoms with Crippen LogP contribution in [0.4, 0.5) is 0 Å². The third-order valence-corrected chi connectivity index (χ3v) is 3.15. The van der Waals surface area contributed by atoms with Gasteiger partial charge in [0.15, 0.2) is 0 Å². The number of aliphatic hydroxyl groups excluding tert-OH is 1. The molecular formula is C11H12Cl2O. The number of hydrogen-bond donors (Lipinski definition) is 1. The average Bonchev–Trinajstić information content (AvgIpc) is 2.93. The van der Waals surface area contributed by atoms with Crippen molar-refractivity contribution < 1.29 is 5.11 Å². The van der Waals surface area contributed by atoms with E-state index in [1.165, 1.54) is 12.8 Å². The van der Waals surface area contributed by atoms with Gasteiger partial charge in [-0.15, -0.1) is 0 Å². The summed E-state index contributed by atoms with van der Waals surface area (Å²) in [5.74, 6) is 0.681. The Morgan fingerprint density at radius 1 is 1.36 bits per heavy atom. The van der Waals surface area contributed by atoms with Crippen LogP contribution in [0.3, 0.4) is 0 Å². The van der Waals surface area contributed by atoms with Gasteiger partial charge in [0.25, 0.3) is 0 Å². The van der Waals surface area contributed by atoms with E-state index in [9.17, 15) is 5.11 Å². The molecule has 0 bridgehead atoms. The summed E-state index contributed by atoms with van der Waals surface area (Å²) in [6.07, 6.45) is 2.80. The molecule has 1 nitrogen and oxygen atoms in total. The lowest BCUT2D eigenvalue weighted by Crippen LogP contribution is -1.99. The van der Waals surface area contributed by atoms with Gasteiger partial charge in [0.1, 0.15) is 0 Å². The Balaban J connectivity index is 2.15. The normalized spacial score (nSPS) is 18.2. The molecule has 14 heavy (non-hydrogen) atoms. The number of benzene rings is 1. The van der Waals surface area contributed by atoms with E-state index in [2.05, 4.69) is 0 Å². The third-order valence-electron chi connectivity index (χ3n) is 2.57. The maximum atomic E-state index is 9.89. The molecule has 1 N–H and O–H groups in total. The van der Waals surface area contributed by atoms with Crippen molar-refractivity contribution in [2.24, 2.45) is 5.92 Å². The summed E-state index contributed by atoms with van der Waals surface area (Å²) in [7, 11) is 0. The Kier molecular flexibility index (Phi) is 3.01. The topological polar surface area (TPSA) is 20.2 Å². The summed E-state index contributed by atoms with van der Waals surface area (Å²) >= 11 is 11.8.